The minimum atomic E-state index is -0.449. The predicted octanol–water partition coefficient (Wildman–Crippen LogP) is 3.12. The molecule has 0 amide bonds. The molecule has 0 N–H and O–H groups in total. The van der Waals surface area contributed by atoms with E-state index < -0.39 is 11.9 Å². The van der Waals surface area contributed by atoms with E-state index in [0.717, 1.165) is 0 Å². The van der Waals surface area contributed by atoms with Gasteiger partial charge in [0.1, 0.15) is 0 Å². The fourth-order valence-corrected chi connectivity index (χ4v) is 2.49. The molecule has 0 unspecified atom stereocenters. The summed E-state index contributed by atoms with van der Waals surface area (Å²) in [7, 11) is 5.63. The third-order valence-corrected chi connectivity index (χ3v) is 3.97. The highest BCUT2D eigenvalue weighted by Gasteiger charge is 2.13. The Morgan fingerprint density at radius 2 is 1.07 bits per heavy atom. The molecule has 0 fully saturated rings. The van der Waals surface area contributed by atoms with E-state index >= 15 is 0 Å². The van der Waals surface area contributed by atoms with Crippen molar-refractivity contribution in [1.29, 1.82) is 0 Å². The maximum absolute atomic E-state index is 11.6. The summed E-state index contributed by atoms with van der Waals surface area (Å²) in [5.74, 6) is 1.01. The Bertz CT molecular complexity index is 777. The Balaban J connectivity index is 1.88. The summed E-state index contributed by atoms with van der Waals surface area (Å²) in [6.45, 7) is 0.743. The van der Waals surface area contributed by atoms with Crippen molar-refractivity contribution in [2.45, 2.75) is 6.42 Å². The highest BCUT2D eigenvalue weighted by Crippen LogP contribution is 2.30. The lowest BCUT2D eigenvalue weighted by atomic mass is 10.2. The first kappa shape index (κ1) is 21.9. The number of benzene rings is 2. The molecule has 8 heteroatoms. The fraction of sp³-hybridized carbons (Fsp3) is 0.333. The number of methoxy groups -OCH3 is 4. The van der Waals surface area contributed by atoms with Gasteiger partial charge in [-0.2, -0.15) is 0 Å². The van der Waals surface area contributed by atoms with Gasteiger partial charge in [-0.25, -0.2) is 9.59 Å². The first-order valence-corrected chi connectivity index (χ1v) is 8.82. The van der Waals surface area contributed by atoms with Crippen LogP contribution in [0.2, 0.25) is 0 Å². The van der Waals surface area contributed by atoms with E-state index in [1.807, 2.05) is 0 Å². The second kappa shape index (κ2) is 10.8. The van der Waals surface area contributed by atoms with Crippen molar-refractivity contribution in [2.24, 2.45) is 0 Å². The third-order valence-electron chi connectivity index (χ3n) is 3.97. The topological polar surface area (TPSA) is 89.5 Å². The van der Waals surface area contributed by atoms with Crippen LogP contribution in [0.4, 0.5) is 0 Å². The van der Waals surface area contributed by atoms with Gasteiger partial charge in [0.2, 0.25) is 0 Å². The summed E-state index contributed by atoms with van der Waals surface area (Å²) in [6, 6.07) is 9.64. The van der Waals surface area contributed by atoms with Gasteiger partial charge in [0.25, 0.3) is 0 Å². The van der Waals surface area contributed by atoms with Gasteiger partial charge in [-0.3, -0.25) is 0 Å². The minimum absolute atomic E-state index is 0.372. The predicted molar refractivity (Wildman–Crippen MR) is 104 cm³/mol. The monoisotopic (exact) mass is 404 g/mol. The molecular formula is C21H24O8. The standard InChI is InChI=1S/C21H24O8/c1-24-18-12-14(20(22)26-3)6-8-16(18)28-10-5-11-29-17-9-7-15(21(23)27-4)13-19(17)25-2/h6-9,12-13H,5,10-11H2,1-4H3. The zero-order valence-corrected chi connectivity index (χ0v) is 16.9. The van der Waals surface area contributed by atoms with E-state index in [0.29, 0.717) is 53.8 Å². The smallest absolute Gasteiger partial charge is 0.337 e. The van der Waals surface area contributed by atoms with Gasteiger partial charge in [0.15, 0.2) is 23.0 Å². The van der Waals surface area contributed by atoms with Crippen molar-refractivity contribution in [1.82, 2.24) is 0 Å². The molecule has 0 aliphatic heterocycles. The van der Waals surface area contributed by atoms with Gasteiger partial charge in [-0.15, -0.1) is 0 Å². The molecule has 156 valence electrons. The molecule has 0 aliphatic rings. The van der Waals surface area contributed by atoms with Crippen molar-refractivity contribution >= 4 is 11.9 Å². The van der Waals surface area contributed by atoms with Crippen LogP contribution in [0, 0.1) is 0 Å². The van der Waals surface area contributed by atoms with Gasteiger partial charge < -0.3 is 28.4 Å². The van der Waals surface area contributed by atoms with Crippen molar-refractivity contribution in [3.05, 3.63) is 47.5 Å². The second-order valence-electron chi connectivity index (χ2n) is 5.76. The van der Waals surface area contributed by atoms with E-state index in [2.05, 4.69) is 9.47 Å². The van der Waals surface area contributed by atoms with Crippen LogP contribution in [0.5, 0.6) is 23.0 Å². The summed E-state index contributed by atoms with van der Waals surface area (Å²) in [5.41, 5.74) is 0.755. The van der Waals surface area contributed by atoms with Crippen LogP contribution in [0.15, 0.2) is 36.4 Å². The molecule has 29 heavy (non-hydrogen) atoms. The molecule has 0 heterocycles. The zero-order chi connectivity index (χ0) is 21.2. The van der Waals surface area contributed by atoms with E-state index in [1.54, 1.807) is 36.4 Å². The molecule has 0 aliphatic carbocycles. The van der Waals surface area contributed by atoms with Crippen LogP contribution >= 0.6 is 0 Å². The van der Waals surface area contributed by atoms with E-state index in [-0.39, 0.29) is 0 Å². The highest BCUT2D eigenvalue weighted by molar-refractivity contribution is 5.90. The summed E-state index contributed by atoms with van der Waals surface area (Å²) >= 11 is 0. The number of hydrogen-bond donors (Lipinski definition) is 0. The minimum Gasteiger partial charge on any atom is -0.493 e. The molecule has 2 rings (SSSR count). The lowest BCUT2D eigenvalue weighted by Gasteiger charge is -2.13. The first-order valence-electron chi connectivity index (χ1n) is 8.82. The highest BCUT2D eigenvalue weighted by atomic mass is 16.5. The Hall–Kier alpha value is -3.42. The summed E-state index contributed by atoms with van der Waals surface area (Å²) in [5, 5.41) is 0. The Kier molecular flexibility index (Phi) is 8.14. The number of rotatable bonds is 10. The van der Waals surface area contributed by atoms with Gasteiger partial charge in [0.05, 0.1) is 52.8 Å². The number of hydrogen-bond acceptors (Lipinski definition) is 8. The molecule has 0 radical (unpaired) electrons. The summed E-state index contributed by atoms with van der Waals surface area (Å²) < 4.78 is 31.3. The van der Waals surface area contributed by atoms with Crippen LogP contribution in [-0.2, 0) is 9.47 Å². The molecule has 0 atom stereocenters. The number of carbonyl (C=O) groups excluding carboxylic acids is 2. The second-order valence-corrected chi connectivity index (χ2v) is 5.76. The van der Waals surface area contributed by atoms with Gasteiger partial charge in [-0.1, -0.05) is 0 Å². The average molecular weight is 404 g/mol. The van der Waals surface area contributed by atoms with Gasteiger partial charge >= 0.3 is 11.9 Å². The van der Waals surface area contributed by atoms with Crippen LogP contribution in [0.25, 0.3) is 0 Å². The Morgan fingerprint density at radius 3 is 1.41 bits per heavy atom. The molecule has 0 spiro atoms. The van der Waals surface area contributed by atoms with Gasteiger partial charge in [-0.05, 0) is 36.4 Å². The van der Waals surface area contributed by atoms with E-state index in [1.165, 1.54) is 28.4 Å². The molecule has 2 aromatic rings. The molecule has 0 saturated heterocycles. The summed E-state index contributed by atoms with van der Waals surface area (Å²) in [4.78, 5) is 23.2. The third kappa shape index (κ3) is 5.78. The van der Waals surface area contributed by atoms with Gasteiger partial charge in [0, 0.05) is 6.42 Å². The van der Waals surface area contributed by atoms with Crippen LogP contribution in [0.3, 0.4) is 0 Å². The molecule has 2 aromatic carbocycles. The van der Waals surface area contributed by atoms with Crippen molar-refractivity contribution in [2.75, 3.05) is 41.7 Å². The number of carbonyl (C=O) groups is 2. The Labute approximate surface area is 169 Å². The largest absolute Gasteiger partial charge is 0.493 e. The Morgan fingerprint density at radius 1 is 0.655 bits per heavy atom. The lowest BCUT2D eigenvalue weighted by molar-refractivity contribution is 0.0591. The molecule has 0 aromatic heterocycles. The number of esters is 2. The molecule has 0 saturated carbocycles. The maximum atomic E-state index is 11.6. The van der Waals surface area contributed by atoms with Crippen molar-refractivity contribution in [3.63, 3.8) is 0 Å². The van der Waals surface area contributed by atoms with Crippen LogP contribution < -0.4 is 18.9 Å². The van der Waals surface area contributed by atoms with Crippen LogP contribution in [-0.4, -0.2) is 53.6 Å². The molecule has 0 bridgehead atoms. The lowest BCUT2D eigenvalue weighted by Crippen LogP contribution is -2.08. The molecule has 8 nitrogen and oxygen atoms in total. The normalized spacial score (nSPS) is 10.1. The van der Waals surface area contributed by atoms with Crippen molar-refractivity contribution in [3.8, 4) is 23.0 Å². The van der Waals surface area contributed by atoms with Crippen molar-refractivity contribution < 1.29 is 38.0 Å². The molecular weight excluding hydrogens is 380 g/mol. The summed E-state index contributed by atoms with van der Waals surface area (Å²) in [6.07, 6.45) is 0.587. The average Bonchev–Trinajstić information content (AvgIpc) is 2.77. The number of ether oxygens (including phenoxy) is 6. The van der Waals surface area contributed by atoms with E-state index in [4.69, 9.17) is 18.9 Å². The quantitative estimate of drug-likeness (QED) is 0.441. The SMILES string of the molecule is COC(=O)c1ccc(OCCCOc2ccc(C(=O)OC)cc2OC)c(OC)c1. The zero-order valence-electron chi connectivity index (χ0n) is 16.9. The first-order chi connectivity index (χ1) is 14.0. The fourth-order valence-electron chi connectivity index (χ4n) is 2.49. The maximum Gasteiger partial charge on any atom is 0.337 e. The van der Waals surface area contributed by atoms with E-state index in [9.17, 15) is 9.59 Å². The van der Waals surface area contributed by atoms with Crippen LogP contribution in [0.1, 0.15) is 27.1 Å².